The van der Waals surface area contributed by atoms with Gasteiger partial charge in [-0.3, -0.25) is 4.99 Å². The summed E-state index contributed by atoms with van der Waals surface area (Å²) in [6.07, 6.45) is 4.56. The second kappa shape index (κ2) is 8.12. The third kappa shape index (κ3) is 5.73. The number of nitrogens with one attached hydrogen (secondary N) is 2. The van der Waals surface area contributed by atoms with Gasteiger partial charge in [0.05, 0.1) is 0 Å². The van der Waals surface area contributed by atoms with Crippen molar-refractivity contribution in [1.29, 1.82) is 0 Å². The summed E-state index contributed by atoms with van der Waals surface area (Å²) in [5.41, 5.74) is 0. The second-order valence-corrected chi connectivity index (χ2v) is 4.74. The molecule has 0 saturated carbocycles. The van der Waals surface area contributed by atoms with Gasteiger partial charge >= 0.3 is 0 Å². The minimum absolute atomic E-state index is 0.649. The van der Waals surface area contributed by atoms with Crippen LogP contribution in [-0.2, 0) is 0 Å². The highest BCUT2D eigenvalue weighted by molar-refractivity contribution is 5.79. The number of aliphatic imine (C=N–C) groups is 1. The van der Waals surface area contributed by atoms with Crippen LogP contribution >= 0.6 is 0 Å². The molecule has 0 radical (unpaired) electrons. The predicted molar refractivity (Wildman–Crippen MR) is 74.4 cm³/mol. The highest BCUT2D eigenvalue weighted by Crippen LogP contribution is 2.09. The first kappa shape index (κ1) is 14.0. The van der Waals surface area contributed by atoms with Crippen molar-refractivity contribution in [3.63, 3.8) is 0 Å². The van der Waals surface area contributed by atoms with E-state index in [-0.39, 0.29) is 0 Å². The molecular weight excluding hydrogens is 212 g/mol. The van der Waals surface area contributed by atoms with Gasteiger partial charge in [0, 0.05) is 26.7 Å². The zero-order valence-corrected chi connectivity index (χ0v) is 11.2. The van der Waals surface area contributed by atoms with Gasteiger partial charge in [-0.1, -0.05) is 13.0 Å². The average Bonchev–Trinajstić information content (AvgIpc) is 2.82. The van der Waals surface area contributed by atoms with Crippen LogP contribution in [0.5, 0.6) is 0 Å². The van der Waals surface area contributed by atoms with Gasteiger partial charge < -0.3 is 15.5 Å². The largest absolute Gasteiger partial charge is 0.356 e. The highest BCUT2D eigenvalue weighted by atomic mass is 15.2. The Balaban J connectivity index is 2.16. The second-order valence-electron chi connectivity index (χ2n) is 4.74. The first-order chi connectivity index (χ1) is 8.26. The topological polar surface area (TPSA) is 39.7 Å². The molecule has 1 saturated heterocycles. The van der Waals surface area contributed by atoms with Gasteiger partial charge in [0.2, 0.25) is 0 Å². The molecule has 1 fully saturated rings. The molecule has 1 heterocycles. The van der Waals surface area contributed by atoms with E-state index in [1.54, 1.807) is 7.05 Å². The monoisotopic (exact) mass is 238 g/mol. The van der Waals surface area contributed by atoms with E-state index in [1.165, 1.54) is 32.5 Å². The minimum atomic E-state index is 0.649. The lowest BCUT2D eigenvalue weighted by Crippen LogP contribution is -2.41. The first-order valence-electron chi connectivity index (χ1n) is 6.54. The maximum atomic E-state index is 4.16. The van der Waals surface area contributed by atoms with E-state index in [0.717, 1.165) is 19.0 Å². The molecule has 0 spiro atoms. The fraction of sp³-hybridized carbons (Fsp3) is 0.769. The molecular formula is C13H26N4. The van der Waals surface area contributed by atoms with Gasteiger partial charge in [0.1, 0.15) is 0 Å². The molecule has 0 amide bonds. The van der Waals surface area contributed by atoms with Crippen LogP contribution in [0.1, 0.15) is 19.8 Å². The standard InChI is InChI=1S/C13H26N4/c1-4-7-15-13(14-3)16-10-12(2)11-17-8-5-6-9-17/h4,12H,1,5-11H2,2-3H3,(H2,14,15,16). The van der Waals surface area contributed by atoms with Crippen LogP contribution in [0.25, 0.3) is 0 Å². The van der Waals surface area contributed by atoms with Crippen molar-refractivity contribution in [3.8, 4) is 0 Å². The highest BCUT2D eigenvalue weighted by Gasteiger charge is 2.14. The molecule has 0 aromatic carbocycles. The summed E-state index contributed by atoms with van der Waals surface area (Å²) >= 11 is 0. The molecule has 0 aromatic heterocycles. The van der Waals surface area contributed by atoms with Gasteiger partial charge in [-0.05, 0) is 31.8 Å². The number of likely N-dealkylation sites (tertiary alicyclic amines) is 1. The molecule has 1 rings (SSSR count). The van der Waals surface area contributed by atoms with Crippen molar-refractivity contribution >= 4 is 5.96 Å². The zero-order chi connectivity index (χ0) is 12.5. The number of nitrogens with zero attached hydrogens (tertiary/aromatic N) is 2. The van der Waals surface area contributed by atoms with Crippen LogP contribution in [-0.4, -0.2) is 50.6 Å². The van der Waals surface area contributed by atoms with E-state index in [4.69, 9.17) is 0 Å². The maximum Gasteiger partial charge on any atom is 0.191 e. The predicted octanol–water partition coefficient (Wildman–Crippen LogP) is 1.07. The van der Waals surface area contributed by atoms with Crippen molar-refractivity contribution in [2.45, 2.75) is 19.8 Å². The van der Waals surface area contributed by atoms with Crippen LogP contribution in [0, 0.1) is 5.92 Å². The molecule has 98 valence electrons. The summed E-state index contributed by atoms with van der Waals surface area (Å²) < 4.78 is 0. The Hall–Kier alpha value is -1.03. The summed E-state index contributed by atoms with van der Waals surface area (Å²) in [4.78, 5) is 6.71. The summed E-state index contributed by atoms with van der Waals surface area (Å²) in [6, 6.07) is 0. The van der Waals surface area contributed by atoms with E-state index in [9.17, 15) is 0 Å². The molecule has 1 unspecified atom stereocenters. The quantitative estimate of drug-likeness (QED) is 0.413. The molecule has 0 bridgehead atoms. The van der Waals surface area contributed by atoms with E-state index >= 15 is 0 Å². The van der Waals surface area contributed by atoms with Crippen molar-refractivity contribution in [2.75, 3.05) is 39.8 Å². The molecule has 1 atom stereocenters. The molecule has 1 aliphatic heterocycles. The number of rotatable bonds is 6. The third-order valence-electron chi connectivity index (χ3n) is 3.02. The average molecular weight is 238 g/mol. The summed E-state index contributed by atoms with van der Waals surface area (Å²) in [6.45, 7) is 11.4. The van der Waals surface area contributed by atoms with Gasteiger partial charge in [-0.15, -0.1) is 6.58 Å². The van der Waals surface area contributed by atoms with Gasteiger partial charge in [-0.2, -0.15) is 0 Å². The lowest BCUT2D eigenvalue weighted by Gasteiger charge is -2.21. The van der Waals surface area contributed by atoms with Crippen LogP contribution < -0.4 is 10.6 Å². The molecule has 1 aliphatic rings. The van der Waals surface area contributed by atoms with Crippen LogP contribution in [0.15, 0.2) is 17.6 Å². The molecule has 4 nitrogen and oxygen atoms in total. The molecule has 0 aromatic rings. The van der Waals surface area contributed by atoms with Crippen LogP contribution in [0.2, 0.25) is 0 Å². The lowest BCUT2D eigenvalue weighted by molar-refractivity contribution is 0.287. The molecule has 17 heavy (non-hydrogen) atoms. The van der Waals surface area contributed by atoms with E-state index in [0.29, 0.717) is 5.92 Å². The van der Waals surface area contributed by atoms with Gasteiger partial charge in [0.15, 0.2) is 5.96 Å². The van der Waals surface area contributed by atoms with E-state index < -0.39 is 0 Å². The third-order valence-corrected chi connectivity index (χ3v) is 3.02. The number of hydrogen-bond donors (Lipinski definition) is 2. The number of guanidine groups is 1. The van der Waals surface area contributed by atoms with E-state index in [2.05, 4.69) is 34.0 Å². The van der Waals surface area contributed by atoms with Crippen LogP contribution in [0.3, 0.4) is 0 Å². The lowest BCUT2D eigenvalue weighted by atomic mass is 10.1. The normalized spacial score (nSPS) is 19.1. The Morgan fingerprint density at radius 2 is 2.12 bits per heavy atom. The fourth-order valence-corrected chi connectivity index (χ4v) is 2.13. The Morgan fingerprint density at radius 3 is 2.71 bits per heavy atom. The summed E-state index contributed by atoms with van der Waals surface area (Å²) in [7, 11) is 1.80. The van der Waals surface area contributed by atoms with Crippen molar-refractivity contribution in [2.24, 2.45) is 10.9 Å². The number of hydrogen-bond acceptors (Lipinski definition) is 2. The Labute approximate surface area is 105 Å². The molecule has 4 heteroatoms. The zero-order valence-electron chi connectivity index (χ0n) is 11.2. The summed E-state index contributed by atoms with van der Waals surface area (Å²) in [5, 5.41) is 6.52. The minimum Gasteiger partial charge on any atom is -0.356 e. The van der Waals surface area contributed by atoms with Crippen molar-refractivity contribution in [3.05, 3.63) is 12.7 Å². The Bertz CT molecular complexity index is 244. The SMILES string of the molecule is C=CCNC(=NC)NCC(C)CN1CCCC1. The smallest absolute Gasteiger partial charge is 0.191 e. The van der Waals surface area contributed by atoms with Crippen LogP contribution in [0.4, 0.5) is 0 Å². The van der Waals surface area contributed by atoms with Crippen molar-refractivity contribution in [1.82, 2.24) is 15.5 Å². The molecule has 2 N–H and O–H groups in total. The molecule has 0 aliphatic carbocycles. The maximum absolute atomic E-state index is 4.16. The van der Waals surface area contributed by atoms with E-state index in [1.807, 2.05) is 6.08 Å². The summed E-state index contributed by atoms with van der Waals surface area (Å²) in [5.74, 6) is 1.51. The Morgan fingerprint density at radius 1 is 1.41 bits per heavy atom. The van der Waals surface area contributed by atoms with Gasteiger partial charge in [0.25, 0.3) is 0 Å². The van der Waals surface area contributed by atoms with Crippen molar-refractivity contribution < 1.29 is 0 Å². The fourth-order valence-electron chi connectivity index (χ4n) is 2.13. The first-order valence-corrected chi connectivity index (χ1v) is 6.54. The Kier molecular flexibility index (Phi) is 6.70. The van der Waals surface area contributed by atoms with Gasteiger partial charge in [-0.25, -0.2) is 0 Å².